The molecule has 0 aliphatic heterocycles. The van der Waals surface area contributed by atoms with Gasteiger partial charge in [0.05, 0.1) is 0 Å². The zero-order valence-corrected chi connectivity index (χ0v) is 11.5. The lowest BCUT2D eigenvalue weighted by molar-refractivity contribution is 0.488. The van der Waals surface area contributed by atoms with Crippen LogP contribution in [0.3, 0.4) is 0 Å². The summed E-state index contributed by atoms with van der Waals surface area (Å²) in [7, 11) is 0. The van der Waals surface area contributed by atoms with Gasteiger partial charge < -0.3 is 5.32 Å². The molecule has 3 unspecified atom stereocenters. The van der Waals surface area contributed by atoms with E-state index < -0.39 is 0 Å². The van der Waals surface area contributed by atoms with Crippen molar-refractivity contribution in [2.24, 2.45) is 5.92 Å². The number of benzene rings is 1. The van der Waals surface area contributed by atoms with Gasteiger partial charge in [-0.2, -0.15) is 11.3 Å². The average Bonchev–Trinajstić information content (AvgIpc) is 3.02. The summed E-state index contributed by atoms with van der Waals surface area (Å²) >= 11 is 1.80. The summed E-state index contributed by atoms with van der Waals surface area (Å²) in [5.41, 5.74) is 2.96. The quantitative estimate of drug-likeness (QED) is 0.846. The van der Waals surface area contributed by atoms with Crippen LogP contribution in [0.1, 0.15) is 36.4 Å². The van der Waals surface area contributed by atoms with Crippen molar-refractivity contribution in [3.63, 3.8) is 0 Å². The van der Waals surface area contributed by atoms with Gasteiger partial charge in [-0.3, -0.25) is 0 Å². The molecule has 1 aromatic heterocycles. The third-order valence-corrected chi connectivity index (χ3v) is 4.52. The second-order valence-electron chi connectivity index (χ2n) is 5.01. The van der Waals surface area contributed by atoms with E-state index in [-0.39, 0.29) is 0 Å². The first kappa shape index (κ1) is 11.9. The van der Waals surface area contributed by atoms with Gasteiger partial charge in [0.25, 0.3) is 0 Å². The Balaban J connectivity index is 1.75. The van der Waals surface area contributed by atoms with Gasteiger partial charge in [0.15, 0.2) is 0 Å². The van der Waals surface area contributed by atoms with Crippen LogP contribution in [0.25, 0.3) is 0 Å². The van der Waals surface area contributed by atoms with Crippen LogP contribution in [0.15, 0.2) is 47.2 Å². The van der Waals surface area contributed by atoms with E-state index in [9.17, 15) is 0 Å². The Morgan fingerprint density at radius 3 is 2.78 bits per heavy atom. The Labute approximate surface area is 113 Å². The Bertz CT molecular complexity index is 477. The first-order valence-corrected chi connectivity index (χ1v) is 7.65. The van der Waals surface area contributed by atoms with Crippen LogP contribution in [0.5, 0.6) is 0 Å². The smallest absolute Gasteiger partial charge is 0.0362 e. The zero-order valence-electron chi connectivity index (χ0n) is 10.7. The summed E-state index contributed by atoms with van der Waals surface area (Å²) in [5.74, 6) is 1.51. The average molecular weight is 257 g/mol. The summed E-state index contributed by atoms with van der Waals surface area (Å²) in [6.07, 6.45) is 1.32. The third-order valence-electron chi connectivity index (χ3n) is 3.82. The molecule has 0 amide bonds. The second kappa shape index (κ2) is 5.25. The van der Waals surface area contributed by atoms with E-state index in [1.54, 1.807) is 11.3 Å². The summed E-state index contributed by atoms with van der Waals surface area (Å²) < 4.78 is 0. The van der Waals surface area contributed by atoms with Gasteiger partial charge in [0.1, 0.15) is 0 Å². The van der Waals surface area contributed by atoms with Gasteiger partial charge in [-0.1, -0.05) is 37.3 Å². The van der Waals surface area contributed by atoms with Crippen molar-refractivity contribution < 1.29 is 0 Å². The molecular formula is C16H19NS. The van der Waals surface area contributed by atoms with Crippen molar-refractivity contribution in [3.8, 4) is 0 Å². The molecule has 1 nitrogen and oxygen atoms in total. The highest BCUT2D eigenvalue weighted by molar-refractivity contribution is 7.07. The van der Waals surface area contributed by atoms with Crippen LogP contribution in [0.2, 0.25) is 0 Å². The van der Waals surface area contributed by atoms with Crippen molar-refractivity contribution in [2.75, 3.05) is 6.54 Å². The number of rotatable bonds is 5. The molecule has 3 atom stereocenters. The molecule has 18 heavy (non-hydrogen) atoms. The molecule has 2 heteroatoms. The Hall–Kier alpha value is -1.12. The Morgan fingerprint density at radius 2 is 2.11 bits per heavy atom. The number of hydrogen-bond donors (Lipinski definition) is 1. The molecule has 2 aromatic rings. The Kier molecular flexibility index (Phi) is 3.48. The molecule has 1 aromatic carbocycles. The third kappa shape index (κ3) is 2.36. The summed E-state index contributed by atoms with van der Waals surface area (Å²) in [4.78, 5) is 0. The maximum atomic E-state index is 3.65. The van der Waals surface area contributed by atoms with Crippen molar-refractivity contribution in [3.05, 3.63) is 58.3 Å². The normalized spacial score (nSPS) is 23.8. The lowest BCUT2D eigenvalue weighted by Crippen LogP contribution is -2.22. The maximum Gasteiger partial charge on any atom is 0.0362 e. The highest BCUT2D eigenvalue weighted by atomic mass is 32.1. The number of nitrogens with one attached hydrogen (secondary N) is 1. The fourth-order valence-electron chi connectivity index (χ4n) is 2.85. The van der Waals surface area contributed by atoms with E-state index in [2.05, 4.69) is 59.4 Å². The predicted molar refractivity (Wildman–Crippen MR) is 78.0 cm³/mol. The first-order valence-electron chi connectivity index (χ1n) is 6.70. The maximum absolute atomic E-state index is 3.65. The molecule has 0 radical (unpaired) electrons. The largest absolute Gasteiger partial charge is 0.310 e. The van der Waals surface area contributed by atoms with Gasteiger partial charge in [-0.15, -0.1) is 0 Å². The van der Waals surface area contributed by atoms with E-state index in [1.165, 1.54) is 17.5 Å². The van der Waals surface area contributed by atoms with Crippen LogP contribution >= 0.6 is 11.3 Å². The minimum absolute atomic E-state index is 0.534. The second-order valence-corrected chi connectivity index (χ2v) is 5.79. The van der Waals surface area contributed by atoms with E-state index in [4.69, 9.17) is 0 Å². The highest BCUT2D eigenvalue weighted by Gasteiger charge is 2.44. The van der Waals surface area contributed by atoms with E-state index in [0.29, 0.717) is 6.04 Å². The van der Waals surface area contributed by atoms with Crippen LogP contribution < -0.4 is 5.32 Å². The SMILES string of the molecule is CCNC(c1ccsc1)C1CC1c1ccccc1. The molecule has 1 saturated carbocycles. The fourth-order valence-corrected chi connectivity index (χ4v) is 3.55. The first-order chi connectivity index (χ1) is 8.90. The molecule has 1 heterocycles. The molecule has 0 spiro atoms. The van der Waals surface area contributed by atoms with Crippen LogP contribution in [-0.2, 0) is 0 Å². The van der Waals surface area contributed by atoms with Crippen LogP contribution in [0, 0.1) is 5.92 Å². The fraction of sp³-hybridized carbons (Fsp3) is 0.375. The summed E-state index contributed by atoms with van der Waals surface area (Å²) in [6.45, 7) is 3.23. The van der Waals surface area contributed by atoms with Gasteiger partial charge in [-0.05, 0) is 52.8 Å². The van der Waals surface area contributed by atoms with Gasteiger partial charge in [-0.25, -0.2) is 0 Å². The molecule has 1 fully saturated rings. The predicted octanol–water partition coefficient (Wildman–Crippen LogP) is 4.20. The van der Waals surface area contributed by atoms with Crippen molar-refractivity contribution in [2.45, 2.75) is 25.3 Å². The van der Waals surface area contributed by atoms with Crippen molar-refractivity contribution >= 4 is 11.3 Å². The number of hydrogen-bond acceptors (Lipinski definition) is 2. The molecule has 1 aliphatic carbocycles. The van der Waals surface area contributed by atoms with Crippen LogP contribution in [-0.4, -0.2) is 6.54 Å². The van der Waals surface area contributed by atoms with Crippen molar-refractivity contribution in [1.29, 1.82) is 0 Å². The van der Waals surface area contributed by atoms with E-state index in [1.807, 2.05) is 0 Å². The molecule has 0 saturated heterocycles. The molecule has 94 valence electrons. The molecule has 1 N–H and O–H groups in total. The minimum Gasteiger partial charge on any atom is -0.310 e. The van der Waals surface area contributed by atoms with Gasteiger partial charge >= 0.3 is 0 Å². The zero-order chi connectivity index (χ0) is 12.4. The summed E-state index contributed by atoms with van der Waals surface area (Å²) in [5, 5.41) is 8.12. The van der Waals surface area contributed by atoms with E-state index in [0.717, 1.165) is 18.4 Å². The van der Waals surface area contributed by atoms with Gasteiger partial charge in [0.2, 0.25) is 0 Å². The highest BCUT2D eigenvalue weighted by Crippen LogP contribution is 2.54. The van der Waals surface area contributed by atoms with Gasteiger partial charge in [0, 0.05) is 6.04 Å². The minimum atomic E-state index is 0.534. The van der Waals surface area contributed by atoms with E-state index >= 15 is 0 Å². The molecule has 3 rings (SSSR count). The standard InChI is InChI=1S/C16H19NS/c1-2-17-16(13-8-9-18-11-13)15-10-14(15)12-6-4-3-5-7-12/h3-9,11,14-17H,2,10H2,1H3. The monoisotopic (exact) mass is 257 g/mol. The lowest BCUT2D eigenvalue weighted by atomic mass is 10.0. The molecular weight excluding hydrogens is 238 g/mol. The number of thiophene rings is 1. The van der Waals surface area contributed by atoms with Crippen molar-refractivity contribution in [1.82, 2.24) is 5.32 Å². The Morgan fingerprint density at radius 1 is 1.28 bits per heavy atom. The molecule has 0 bridgehead atoms. The summed E-state index contributed by atoms with van der Waals surface area (Å²) in [6, 6.07) is 13.7. The topological polar surface area (TPSA) is 12.0 Å². The molecule has 1 aliphatic rings. The lowest BCUT2D eigenvalue weighted by Gasteiger charge is -2.17. The van der Waals surface area contributed by atoms with Crippen LogP contribution in [0.4, 0.5) is 0 Å².